The summed E-state index contributed by atoms with van der Waals surface area (Å²) in [4.78, 5) is 3.96. The molecular formula is C10H6ClF3N2S. The van der Waals surface area contributed by atoms with Crippen molar-refractivity contribution < 1.29 is 13.2 Å². The van der Waals surface area contributed by atoms with Crippen LogP contribution in [0.2, 0.25) is 5.02 Å². The number of halogens is 4. The summed E-state index contributed by atoms with van der Waals surface area (Å²) in [6, 6.07) is 3.14. The van der Waals surface area contributed by atoms with Gasteiger partial charge in [0.15, 0.2) is 5.13 Å². The zero-order chi connectivity index (χ0) is 12.6. The zero-order valence-corrected chi connectivity index (χ0v) is 9.83. The fourth-order valence-corrected chi connectivity index (χ4v) is 2.15. The van der Waals surface area contributed by atoms with E-state index in [2.05, 4.69) is 4.98 Å². The molecule has 0 aliphatic heterocycles. The Morgan fingerprint density at radius 2 is 2.00 bits per heavy atom. The zero-order valence-electron chi connectivity index (χ0n) is 8.25. The van der Waals surface area contributed by atoms with Gasteiger partial charge in [-0.15, -0.1) is 11.3 Å². The molecule has 0 fully saturated rings. The van der Waals surface area contributed by atoms with Crippen molar-refractivity contribution in [1.29, 1.82) is 0 Å². The summed E-state index contributed by atoms with van der Waals surface area (Å²) in [5.41, 5.74) is 5.58. The molecule has 2 rings (SSSR count). The molecule has 0 aliphatic carbocycles. The second kappa shape index (κ2) is 4.19. The number of nitrogens with zero attached hydrogens (tertiary/aromatic N) is 1. The van der Waals surface area contributed by atoms with Crippen LogP contribution >= 0.6 is 22.9 Å². The normalized spacial score (nSPS) is 11.8. The van der Waals surface area contributed by atoms with Crippen LogP contribution in [0.4, 0.5) is 18.3 Å². The van der Waals surface area contributed by atoms with Crippen LogP contribution in [0.25, 0.3) is 11.3 Å². The predicted molar refractivity (Wildman–Crippen MR) is 62.0 cm³/mol. The molecule has 2 nitrogen and oxygen atoms in total. The van der Waals surface area contributed by atoms with Crippen LogP contribution in [0.3, 0.4) is 0 Å². The molecule has 0 unspecified atom stereocenters. The van der Waals surface area contributed by atoms with Crippen LogP contribution in [-0.4, -0.2) is 4.98 Å². The summed E-state index contributed by atoms with van der Waals surface area (Å²) in [5, 5.41) is 1.99. The highest BCUT2D eigenvalue weighted by Crippen LogP contribution is 2.35. The van der Waals surface area contributed by atoms with E-state index in [1.807, 2.05) is 0 Å². The van der Waals surface area contributed by atoms with E-state index >= 15 is 0 Å². The minimum Gasteiger partial charge on any atom is -0.375 e. The third-order valence-corrected chi connectivity index (χ3v) is 3.08. The van der Waals surface area contributed by atoms with E-state index in [0.717, 1.165) is 12.1 Å². The Labute approximate surface area is 104 Å². The number of anilines is 1. The van der Waals surface area contributed by atoms with Crippen LogP contribution in [0.5, 0.6) is 0 Å². The second-order valence-corrected chi connectivity index (χ2v) is 4.56. The number of thiazole rings is 1. The number of benzene rings is 1. The first kappa shape index (κ1) is 12.2. The first-order chi connectivity index (χ1) is 7.88. The van der Waals surface area contributed by atoms with Gasteiger partial charge < -0.3 is 5.73 Å². The topological polar surface area (TPSA) is 38.9 Å². The number of nitrogens with two attached hydrogens (primary N) is 1. The lowest BCUT2D eigenvalue weighted by molar-refractivity contribution is -0.137. The average molecular weight is 279 g/mol. The summed E-state index contributed by atoms with van der Waals surface area (Å²) in [5.74, 6) is 0. The van der Waals surface area contributed by atoms with Crippen molar-refractivity contribution in [2.45, 2.75) is 6.18 Å². The molecule has 90 valence electrons. The molecule has 17 heavy (non-hydrogen) atoms. The van der Waals surface area contributed by atoms with E-state index in [4.69, 9.17) is 17.3 Å². The van der Waals surface area contributed by atoms with Crippen molar-refractivity contribution >= 4 is 28.1 Å². The molecule has 0 atom stereocenters. The molecule has 1 heterocycles. The van der Waals surface area contributed by atoms with Crippen molar-refractivity contribution in [2.24, 2.45) is 0 Å². The summed E-state index contributed by atoms with van der Waals surface area (Å²) < 4.78 is 37.2. The number of rotatable bonds is 1. The van der Waals surface area contributed by atoms with Gasteiger partial charge in [-0.05, 0) is 12.1 Å². The summed E-state index contributed by atoms with van der Waals surface area (Å²) >= 11 is 7.01. The van der Waals surface area contributed by atoms with Gasteiger partial charge in [0.25, 0.3) is 0 Å². The van der Waals surface area contributed by atoms with E-state index in [-0.39, 0.29) is 5.02 Å². The monoisotopic (exact) mass is 278 g/mol. The van der Waals surface area contributed by atoms with Crippen molar-refractivity contribution in [3.8, 4) is 11.3 Å². The van der Waals surface area contributed by atoms with Gasteiger partial charge in [0.2, 0.25) is 0 Å². The van der Waals surface area contributed by atoms with Crippen LogP contribution < -0.4 is 5.73 Å². The number of hydrogen-bond donors (Lipinski definition) is 1. The molecule has 1 aromatic carbocycles. The van der Waals surface area contributed by atoms with Gasteiger partial charge >= 0.3 is 6.18 Å². The molecule has 0 saturated heterocycles. The molecule has 7 heteroatoms. The van der Waals surface area contributed by atoms with Crippen molar-refractivity contribution in [1.82, 2.24) is 4.98 Å². The quantitative estimate of drug-likeness (QED) is 0.854. The molecule has 0 radical (unpaired) electrons. The minimum absolute atomic E-state index is 0.00475. The third kappa shape index (κ3) is 2.53. The van der Waals surface area contributed by atoms with E-state index < -0.39 is 11.7 Å². The average Bonchev–Trinajstić information content (AvgIpc) is 2.63. The molecule has 0 saturated carbocycles. The molecule has 0 aliphatic rings. The maximum atomic E-state index is 12.4. The van der Waals surface area contributed by atoms with Gasteiger partial charge in [0.1, 0.15) is 0 Å². The standard InChI is InChI=1S/C10H6ClF3N2S/c11-7-3-5(10(12,13)14)1-2-6(7)8-4-17-9(15)16-8/h1-4H,(H2,15,16). The lowest BCUT2D eigenvalue weighted by Crippen LogP contribution is -2.04. The van der Waals surface area contributed by atoms with Crippen molar-refractivity contribution in [3.05, 3.63) is 34.2 Å². The van der Waals surface area contributed by atoms with E-state index in [1.165, 1.54) is 17.4 Å². The first-order valence-electron chi connectivity index (χ1n) is 4.46. The van der Waals surface area contributed by atoms with E-state index in [0.29, 0.717) is 16.4 Å². The number of aromatic nitrogens is 1. The second-order valence-electron chi connectivity index (χ2n) is 3.26. The molecule has 1 aromatic heterocycles. The fourth-order valence-electron chi connectivity index (χ4n) is 1.31. The van der Waals surface area contributed by atoms with Crippen LogP contribution in [-0.2, 0) is 6.18 Å². The molecule has 0 amide bonds. The maximum absolute atomic E-state index is 12.4. The van der Waals surface area contributed by atoms with Crippen molar-refractivity contribution in [2.75, 3.05) is 5.73 Å². The third-order valence-electron chi connectivity index (χ3n) is 2.09. The summed E-state index contributed by atoms with van der Waals surface area (Å²) in [6.45, 7) is 0. The van der Waals surface area contributed by atoms with Crippen LogP contribution in [0.1, 0.15) is 5.56 Å². The number of nitrogen functional groups attached to an aromatic ring is 1. The Kier molecular flexibility index (Phi) is 3.01. The van der Waals surface area contributed by atoms with Crippen molar-refractivity contribution in [3.63, 3.8) is 0 Å². The minimum atomic E-state index is -4.40. The Balaban J connectivity index is 2.45. The SMILES string of the molecule is Nc1nc(-c2ccc(C(F)(F)F)cc2Cl)cs1. The largest absolute Gasteiger partial charge is 0.416 e. The maximum Gasteiger partial charge on any atom is 0.416 e. The molecule has 0 bridgehead atoms. The molecule has 2 N–H and O–H groups in total. The number of alkyl halides is 3. The highest BCUT2D eigenvalue weighted by atomic mass is 35.5. The lowest BCUT2D eigenvalue weighted by atomic mass is 10.1. The first-order valence-corrected chi connectivity index (χ1v) is 5.72. The van der Waals surface area contributed by atoms with Crippen LogP contribution in [0.15, 0.2) is 23.6 Å². The predicted octanol–water partition coefficient (Wildman–Crippen LogP) is 4.06. The summed E-state index contributed by atoms with van der Waals surface area (Å²) in [6.07, 6.45) is -4.40. The highest BCUT2D eigenvalue weighted by Gasteiger charge is 2.31. The molecule has 2 aromatic rings. The van der Waals surface area contributed by atoms with Gasteiger partial charge in [-0.25, -0.2) is 4.98 Å². The van der Waals surface area contributed by atoms with Gasteiger partial charge in [-0.1, -0.05) is 17.7 Å². The Bertz CT molecular complexity index is 551. The highest BCUT2D eigenvalue weighted by molar-refractivity contribution is 7.13. The van der Waals surface area contributed by atoms with Gasteiger partial charge in [0, 0.05) is 10.9 Å². The summed E-state index contributed by atoms with van der Waals surface area (Å²) in [7, 11) is 0. The van der Waals surface area contributed by atoms with E-state index in [9.17, 15) is 13.2 Å². The van der Waals surface area contributed by atoms with Crippen LogP contribution in [0, 0.1) is 0 Å². The number of hydrogen-bond acceptors (Lipinski definition) is 3. The lowest BCUT2D eigenvalue weighted by Gasteiger charge is -2.08. The Hall–Kier alpha value is -1.27. The smallest absolute Gasteiger partial charge is 0.375 e. The molecular weight excluding hydrogens is 273 g/mol. The van der Waals surface area contributed by atoms with E-state index in [1.54, 1.807) is 5.38 Å². The molecule has 0 spiro atoms. The van der Waals surface area contributed by atoms with Gasteiger partial charge in [-0.2, -0.15) is 13.2 Å². The van der Waals surface area contributed by atoms with Gasteiger partial charge in [-0.3, -0.25) is 0 Å². The Morgan fingerprint density at radius 3 is 2.47 bits per heavy atom. The fraction of sp³-hybridized carbons (Fsp3) is 0.100. The Morgan fingerprint density at radius 1 is 1.29 bits per heavy atom. The van der Waals surface area contributed by atoms with Gasteiger partial charge in [0.05, 0.1) is 16.3 Å².